The molecule has 0 aliphatic rings. The van der Waals surface area contributed by atoms with Crippen molar-refractivity contribution in [2.45, 2.75) is 47.6 Å². The molecule has 0 saturated heterocycles. The van der Waals surface area contributed by atoms with Gasteiger partial charge < -0.3 is 0 Å². The van der Waals surface area contributed by atoms with Gasteiger partial charge in [-0.25, -0.2) is 0 Å². The monoisotopic (exact) mass is 286 g/mol. The average molecular weight is 287 g/mol. The van der Waals surface area contributed by atoms with Crippen molar-refractivity contribution < 1.29 is 0 Å². The second-order valence-corrected chi connectivity index (χ2v) is 5.77. The summed E-state index contributed by atoms with van der Waals surface area (Å²) in [7, 11) is 0. The fraction of sp³-hybridized carbons (Fsp3) is 0.769. The normalized spacial score (nSPS) is 15.4. The van der Waals surface area contributed by atoms with Crippen LogP contribution in [0.3, 0.4) is 0 Å². The lowest BCUT2D eigenvalue weighted by atomic mass is 9.77. The topological polar surface area (TPSA) is 17.8 Å². The Bertz CT molecular complexity index is 344. The van der Waals surface area contributed by atoms with Gasteiger partial charge in [-0.15, -0.1) is 0 Å². The molecule has 0 saturated carbocycles. The number of halogens is 1. The molecular formula is C13H23BrN2. The van der Waals surface area contributed by atoms with E-state index in [1.165, 1.54) is 5.69 Å². The van der Waals surface area contributed by atoms with Crippen molar-refractivity contribution in [2.75, 3.05) is 5.33 Å². The number of hydrogen-bond donors (Lipinski definition) is 0. The number of rotatable bonds is 5. The lowest BCUT2D eigenvalue weighted by Gasteiger charge is -2.32. The van der Waals surface area contributed by atoms with E-state index in [9.17, 15) is 0 Å². The summed E-state index contributed by atoms with van der Waals surface area (Å²) >= 11 is 3.65. The molecule has 1 heterocycles. The Labute approximate surface area is 108 Å². The highest BCUT2D eigenvalue weighted by atomic mass is 79.9. The minimum Gasteiger partial charge on any atom is -0.270 e. The van der Waals surface area contributed by atoms with Gasteiger partial charge in [0.1, 0.15) is 0 Å². The summed E-state index contributed by atoms with van der Waals surface area (Å²) in [6.07, 6.45) is 1.09. The van der Waals surface area contributed by atoms with E-state index in [4.69, 9.17) is 0 Å². The summed E-state index contributed by atoms with van der Waals surface area (Å²) in [4.78, 5) is 0. The van der Waals surface area contributed by atoms with Gasteiger partial charge in [0, 0.05) is 17.6 Å². The predicted octanol–water partition coefficient (Wildman–Crippen LogP) is 3.81. The third-order valence-electron chi connectivity index (χ3n) is 3.57. The molecule has 0 N–H and O–H groups in total. The predicted molar refractivity (Wildman–Crippen MR) is 73.1 cm³/mol. The first-order chi connectivity index (χ1) is 7.42. The highest BCUT2D eigenvalue weighted by molar-refractivity contribution is 9.09. The number of alkyl halides is 1. The standard InChI is InChI=1S/C13H23BrN2/c1-6-16-12(7-11(4)15-16)8-13(5,9-14)10(2)3/h7,10H,6,8-9H2,1-5H3. The van der Waals surface area contributed by atoms with Crippen molar-refractivity contribution in [2.24, 2.45) is 11.3 Å². The van der Waals surface area contributed by atoms with Crippen LogP contribution in [0.2, 0.25) is 0 Å². The lowest BCUT2D eigenvalue weighted by Crippen LogP contribution is -2.29. The zero-order chi connectivity index (χ0) is 12.3. The van der Waals surface area contributed by atoms with Crippen LogP contribution in [-0.4, -0.2) is 15.1 Å². The van der Waals surface area contributed by atoms with Gasteiger partial charge in [0.15, 0.2) is 0 Å². The van der Waals surface area contributed by atoms with E-state index in [1.54, 1.807) is 0 Å². The summed E-state index contributed by atoms with van der Waals surface area (Å²) in [5.74, 6) is 0.660. The molecule has 92 valence electrons. The van der Waals surface area contributed by atoms with E-state index in [0.717, 1.165) is 24.0 Å². The molecule has 1 aromatic heterocycles. The smallest absolute Gasteiger partial charge is 0.0596 e. The zero-order valence-corrected chi connectivity index (χ0v) is 12.6. The van der Waals surface area contributed by atoms with Crippen molar-refractivity contribution in [3.63, 3.8) is 0 Å². The van der Waals surface area contributed by atoms with Gasteiger partial charge in [0.05, 0.1) is 5.69 Å². The molecule has 2 nitrogen and oxygen atoms in total. The third-order valence-corrected chi connectivity index (χ3v) is 4.85. The van der Waals surface area contributed by atoms with Crippen LogP contribution in [-0.2, 0) is 13.0 Å². The molecule has 0 aliphatic carbocycles. The molecular weight excluding hydrogens is 264 g/mol. The molecule has 3 heteroatoms. The van der Waals surface area contributed by atoms with Crippen molar-refractivity contribution in [3.8, 4) is 0 Å². The van der Waals surface area contributed by atoms with Crippen molar-refractivity contribution >= 4 is 15.9 Å². The molecule has 0 radical (unpaired) electrons. The van der Waals surface area contributed by atoms with Crippen LogP contribution in [0.5, 0.6) is 0 Å². The maximum Gasteiger partial charge on any atom is 0.0596 e. The maximum atomic E-state index is 4.51. The molecule has 1 aromatic rings. The Balaban J connectivity index is 2.93. The second-order valence-electron chi connectivity index (χ2n) is 5.21. The van der Waals surface area contributed by atoms with Crippen molar-refractivity contribution in [3.05, 3.63) is 17.5 Å². The van der Waals surface area contributed by atoms with E-state index >= 15 is 0 Å². The molecule has 16 heavy (non-hydrogen) atoms. The zero-order valence-electron chi connectivity index (χ0n) is 11.0. The van der Waals surface area contributed by atoms with Gasteiger partial charge in [0.25, 0.3) is 0 Å². The molecule has 0 aromatic carbocycles. The molecule has 0 aliphatic heterocycles. The average Bonchev–Trinajstić information content (AvgIpc) is 2.58. The van der Waals surface area contributed by atoms with Gasteiger partial charge in [-0.2, -0.15) is 5.10 Å². The van der Waals surface area contributed by atoms with Crippen molar-refractivity contribution in [1.82, 2.24) is 9.78 Å². The van der Waals surface area contributed by atoms with Crippen LogP contribution in [0, 0.1) is 18.3 Å². The number of aryl methyl sites for hydroxylation is 2. The Morgan fingerprint density at radius 3 is 2.56 bits per heavy atom. The summed E-state index contributed by atoms with van der Waals surface area (Å²) in [6, 6.07) is 2.22. The highest BCUT2D eigenvalue weighted by Gasteiger charge is 2.28. The Hall–Kier alpha value is -0.310. The van der Waals surface area contributed by atoms with E-state index in [1.807, 2.05) is 0 Å². The number of aromatic nitrogens is 2. The number of nitrogens with zero attached hydrogens (tertiary/aromatic N) is 2. The summed E-state index contributed by atoms with van der Waals surface area (Å²) in [6.45, 7) is 12.1. The quantitative estimate of drug-likeness (QED) is 0.753. The first kappa shape index (κ1) is 13.8. The lowest BCUT2D eigenvalue weighted by molar-refractivity contribution is 0.251. The maximum absolute atomic E-state index is 4.51. The van der Waals surface area contributed by atoms with E-state index in [0.29, 0.717) is 11.3 Å². The molecule has 0 amide bonds. The molecule has 1 unspecified atom stereocenters. The van der Waals surface area contributed by atoms with E-state index in [-0.39, 0.29) is 0 Å². The first-order valence-electron chi connectivity index (χ1n) is 6.02. The number of hydrogen-bond acceptors (Lipinski definition) is 1. The molecule has 0 spiro atoms. The van der Waals surface area contributed by atoms with E-state index < -0.39 is 0 Å². The fourth-order valence-corrected chi connectivity index (χ4v) is 2.68. The molecule has 1 rings (SSSR count). The van der Waals surface area contributed by atoms with Crippen LogP contribution < -0.4 is 0 Å². The minimum atomic E-state index is 0.305. The van der Waals surface area contributed by atoms with Crippen LogP contribution in [0.1, 0.15) is 39.1 Å². The summed E-state index contributed by atoms with van der Waals surface area (Å²) < 4.78 is 2.12. The Morgan fingerprint density at radius 2 is 2.12 bits per heavy atom. The largest absolute Gasteiger partial charge is 0.270 e. The molecule has 0 fully saturated rings. The van der Waals surface area contributed by atoms with Crippen LogP contribution >= 0.6 is 15.9 Å². The van der Waals surface area contributed by atoms with Crippen LogP contribution in [0.25, 0.3) is 0 Å². The first-order valence-corrected chi connectivity index (χ1v) is 7.14. The van der Waals surface area contributed by atoms with Gasteiger partial charge in [-0.05, 0) is 37.7 Å². The highest BCUT2D eigenvalue weighted by Crippen LogP contribution is 2.33. The molecule has 1 atom stereocenters. The van der Waals surface area contributed by atoms with Crippen LogP contribution in [0.15, 0.2) is 6.07 Å². The van der Waals surface area contributed by atoms with Crippen molar-refractivity contribution in [1.29, 1.82) is 0 Å². The van der Waals surface area contributed by atoms with Gasteiger partial charge >= 0.3 is 0 Å². The summed E-state index contributed by atoms with van der Waals surface area (Å²) in [5, 5.41) is 5.54. The minimum absolute atomic E-state index is 0.305. The van der Waals surface area contributed by atoms with Gasteiger partial charge in [-0.1, -0.05) is 36.7 Å². The Morgan fingerprint density at radius 1 is 1.50 bits per heavy atom. The fourth-order valence-electron chi connectivity index (χ4n) is 1.83. The second kappa shape index (κ2) is 5.35. The molecule has 0 bridgehead atoms. The Kier molecular flexibility index (Phi) is 4.60. The SMILES string of the molecule is CCn1nc(C)cc1CC(C)(CBr)C(C)C. The van der Waals surface area contributed by atoms with E-state index in [2.05, 4.69) is 66.4 Å². The summed E-state index contributed by atoms with van der Waals surface area (Å²) in [5.41, 5.74) is 2.78. The van der Waals surface area contributed by atoms with Gasteiger partial charge in [0.2, 0.25) is 0 Å². The van der Waals surface area contributed by atoms with Gasteiger partial charge in [-0.3, -0.25) is 4.68 Å². The third kappa shape index (κ3) is 2.88. The van der Waals surface area contributed by atoms with Crippen LogP contribution in [0.4, 0.5) is 0 Å².